The molecule has 0 atom stereocenters. The Morgan fingerprint density at radius 1 is 1.35 bits per heavy atom. The minimum atomic E-state index is 0.807. The average molecular weight is 307 g/mol. The highest BCUT2D eigenvalue weighted by Gasteiger charge is 2.29. The van der Waals surface area contributed by atoms with Crippen LogP contribution >= 0.6 is 22.7 Å². The van der Waals surface area contributed by atoms with E-state index in [0.29, 0.717) is 0 Å². The monoisotopic (exact) mass is 306 g/mol. The molecule has 1 aliphatic rings. The molecule has 0 aliphatic heterocycles. The smallest absolute Gasteiger partial charge is 0.0296 e. The van der Waals surface area contributed by atoms with E-state index in [0.717, 1.165) is 25.7 Å². The van der Waals surface area contributed by atoms with Crippen molar-refractivity contribution in [2.45, 2.75) is 45.4 Å². The van der Waals surface area contributed by atoms with Gasteiger partial charge in [0.05, 0.1) is 0 Å². The first-order valence-corrected chi connectivity index (χ1v) is 9.00. The molecule has 0 radical (unpaired) electrons. The Hall–Kier alpha value is -0.680. The molecule has 2 aromatic rings. The lowest BCUT2D eigenvalue weighted by molar-refractivity contribution is 0.246. The summed E-state index contributed by atoms with van der Waals surface area (Å²) in [5, 5.41) is 7.71. The Kier molecular flexibility index (Phi) is 4.56. The van der Waals surface area contributed by atoms with Crippen molar-refractivity contribution >= 4 is 22.7 Å². The quantitative estimate of drug-likeness (QED) is 0.831. The van der Waals surface area contributed by atoms with E-state index in [1.54, 1.807) is 11.3 Å². The number of aryl methyl sites for hydroxylation is 1. The maximum atomic E-state index is 3.25. The zero-order valence-electron chi connectivity index (χ0n) is 12.2. The van der Waals surface area contributed by atoms with E-state index in [2.05, 4.69) is 40.0 Å². The van der Waals surface area contributed by atoms with E-state index in [4.69, 9.17) is 0 Å². The lowest BCUT2D eigenvalue weighted by Crippen LogP contribution is -2.24. The molecule has 108 valence electrons. The van der Waals surface area contributed by atoms with Crippen molar-refractivity contribution in [3.05, 3.63) is 43.8 Å². The third-order valence-corrected chi connectivity index (χ3v) is 5.65. The molecular weight excluding hydrogens is 284 g/mol. The van der Waals surface area contributed by atoms with Crippen LogP contribution in [0.15, 0.2) is 22.9 Å². The summed E-state index contributed by atoms with van der Waals surface area (Å²) >= 11 is 3.73. The highest BCUT2D eigenvalue weighted by molar-refractivity contribution is 7.12. The van der Waals surface area contributed by atoms with Gasteiger partial charge in [0.1, 0.15) is 0 Å². The van der Waals surface area contributed by atoms with Crippen molar-refractivity contribution in [1.29, 1.82) is 0 Å². The van der Waals surface area contributed by atoms with Gasteiger partial charge in [0.25, 0.3) is 0 Å². The minimum absolute atomic E-state index is 0.807. The molecule has 1 aliphatic carbocycles. The largest absolute Gasteiger partial charge is 0.315 e. The Balaban J connectivity index is 1.69. The summed E-state index contributed by atoms with van der Waals surface area (Å²) in [5.41, 5.74) is 2.98. The van der Waals surface area contributed by atoms with Gasteiger partial charge in [-0.05, 0) is 60.8 Å². The van der Waals surface area contributed by atoms with Crippen molar-refractivity contribution in [2.75, 3.05) is 7.05 Å². The summed E-state index contributed by atoms with van der Waals surface area (Å²) in [6.45, 7) is 5.45. The highest BCUT2D eigenvalue weighted by atomic mass is 32.1. The SMILES string of the molecule is CNCc1cc(CN(Cc2ccsc2)C2CC2)c(C)s1. The van der Waals surface area contributed by atoms with Gasteiger partial charge in [-0.1, -0.05) is 0 Å². The molecule has 4 heteroatoms. The molecule has 1 fully saturated rings. The Labute approximate surface area is 129 Å². The van der Waals surface area contributed by atoms with Gasteiger partial charge in [0, 0.05) is 35.4 Å². The molecule has 0 aromatic carbocycles. The zero-order chi connectivity index (χ0) is 13.9. The normalized spacial score (nSPS) is 15.2. The molecule has 2 nitrogen and oxygen atoms in total. The van der Waals surface area contributed by atoms with E-state index < -0.39 is 0 Å². The van der Waals surface area contributed by atoms with E-state index in [9.17, 15) is 0 Å². The fourth-order valence-electron chi connectivity index (χ4n) is 2.60. The van der Waals surface area contributed by atoms with Crippen LogP contribution in [-0.2, 0) is 19.6 Å². The molecule has 3 rings (SSSR count). The summed E-state index contributed by atoms with van der Waals surface area (Å²) in [5.74, 6) is 0. The molecule has 20 heavy (non-hydrogen) atoms. The summed E-state index contributed by atoms with van der Waals surface area (Å²) in [7, 11) is 2.02. The van der Waals surface area contributed by atoms with E-state index in [1.165, 1.54) is 33.7 Å². The highest BCUT2D eigenvalue weighted by Crippen LogP contribution is 2.32. The zero-order valence-corrected chi connectivity index (χ0v) is 13.8. The Morgan fingerprint density at radius 3 is 2.85 bits per heavy atom. The van der Waals surface area contributed by atoms with Crippen molar-refractivity contribution in [2.24, 2.45) is 0 Å². The molecule has 2 heterocycles. The molecule has 0 amide bonds. The Bertz CT molecular complexity index is 541. The van der Waals surface area contributed by atoms with Crippen LogP contribution in [0, 0.1) is 6.92 Å². The van der Waals surface area contributed by atoms with Gasteiger partial charge in [-0.2, -0.15) is 11.3 Å². The van der Waals surface area contributed by atoms with Crippen LogP contribution in [0.5, 0.6) is 0 Å². The summed E-state index contributed by atoms with van der Waals surface area (Å²) in [6.07, 6.45) is 2.74. The molecule has 0 bridgehead atoms. The first-order valence-electron chi connectivity index (χ1n) is 7.24. The molecular formula is C16H22N2S2. The summed E-state index contributed by atoms with van der Waals surface area (Å²) in [6, 6.07) is 5.45. The molecule has 0 saturated heterocycles. The van der Waals surface area contributed by atoms with Gasteiger partial charge >= 0.3 is 0 Å². The predicted octanol–water partition coefficient (Wildman–Crippen LogP) is 4.00. The van der Waals surface area contributed by atoms with Crippen LogP contribution in [0.2, 0.25) is 0 Å². The average Bonchev–Trinajstić information content (AvgIpc) is 3.05. The van der Waals surface area contributed by atoms with Crippen LogP contribution in [0.1, 0.15) is 33.7 Å². The van der Waals surface area contributed by atoms with Crippen LogP contribution < -0.4 is 5.32 Å². The van der Waals surface area contributed by atoms with E-state index >= 15 is 0 Å². The summed E-state index contributed by atoms with van der Waals surface area (Å²) in [4.78, 5) is 5.58. The molecule has 2 aromatic heterocycles. The number of nitrogens with one attached hydrogen (secondary N) is 1. The molecule has 1 N–H and O–H groups in total. The lowest BCUT2D eigenvalue weighted by Gasteiger charge is -2.21. The van der Waals surface area contributed by atoms with Crippen molar-refractivity contribution < 1.29 is 0 Å². The predicted molar refractivity (Wildman–Crippen MR) is 88.4 cm³/mol. The number of hydrogen-bond acceptors (Lipinski definition) is 4. The maximum absolute atomic E-state index is 3.25. The van der Waals surface area contributed by atoms with Crippen molar-refractivity contribution in [3.63, 3.8) is 0 Å². The first kappa shape index (κ1) is 14.3. The molecule has 0 spiro atoms. The van der Waals surface area contributed by atoms with Crippen LogP contribution in [-0.4, -0.2) is 18.0 Å². The second-order valence-electron chi connectivity index (χ2n) is 5.59. The topological polar surface area (TPSA) is 15.3 Å². The van der Waals surface area contributed by atoms with E-state index in [-0.39, 0.29) is 0 Å². The number of thiophene rings is 2. The van der Waals surface area contributed by atoms with Crippen LogP contribution in [0.25, 0.3) is 0 Å². The minimum Gasteiger partial charge on any atom is -0.315 e. The van der Waals surface area contributed by atoms with Crippen molar-refractivity contribution in [3.8, 4) is 0 Å². The van der Waals surface area contributed by atoms with Gasteiger partial charge in [0.15, 0.2) is 0 Å². The van der Waals surface area contributed by atoms with Crippen LogP contribution in [0.3, 0.4) is 0 Å². The van der Waals surface area contributed by atoms with Gasteiger partial charge in [-0.25, -0.2) is 0 Å². The van der Waals surface area contributed by atoms with Crippen molar-refractivity contribution in [1.82, 2.24) is 10.2 Å². The molecule has 1 saturated carbocycles. The number of nitrogens with zero attached hydrogens (tertiary/aromatic N) is 1. The lowest BCUT2D eigenvalue weighted by atomic mass is 10.2. The maximum Gasteiger partial charge on any atom is 0.0296 e. The van der Waals surface area contributed by atoms with Gasteiger partial charge in [0.2, 0.25) is 0 Å². The second-order valence-corrected chi connectivity index (χ2v) is 7.71. The standard InChI is InChI=1S/C16H22N2S2/c1-12-14(7-16(20-12)8-17-2)10-18(15-3-4-15)9-13-5-6-19-11-13/h5-7,11,15,17H,3-4,8-10H2,1-2H3. The Morgan fingerprint density at radius 2 is 2.20 bits per heavy atom. The summed E-state index contributed by atoms with van der Waals surface area (Å²) < 4.78 is 0. The second kappa shape index (κ2) is 6.39. The fraction of sp³-hybridized carbons (Fsp3) is 0.500. The third kappa shape index (κ3) is 3.50. The van der Waals surface area contributed by atoms with Gasteiger partial charge in [-0.3, -0.25) is 4.90 Å². The van der Waals surface area contributed by atoms with Gasteiger partial charge in [-0.15, -0.1) is 11.3 Å². The number of hydrogen-bond donors (Lipinski definition) is 1. The van der Waals surface area contributed by atoms with Crippen LogP contribution in [0.4, 0.5) is 0 Å². The fourth-order valence-corrected chi connectivity index (χ4v) is 4.32. The first-order chi connectivity index (χ1) is 9.76. The molecule has 0 unspecified atom stereocenters. The number of rotatable bonds is 7. The van der Waals surface area contributed by atoms with E-state index in [1.807, 2.05) is 18.4 Å². The third-order valence-electron chi connectivity index (χ3n) is 3.83. The van der Waals surface area contributed by atoms with Gasteiger partial charge < -0.3 is 5.32 Å².